The lowest BCUT2D eigenvalue weighted by molar-refractivity contribution is -0.117. The van der Waals surface area contributed by atoms with E-state index in [0.717, 1.165) is 44.1 Å². The van der Waals surface area contributed by atoms with Crippen LogP contribution >= 0.6 is 11.6 Å². The zero-order valence-electron chi connectivity index (χ0n) is 17.9. The fraction of sp³-hybridized carbons (Fsp3) is 0.400. The van der Waals surface area contributed by atoms with Crippen LogP contribution in [-0.2, 0) is 11.3 Å². The van der Waals surface area contributed by atoms with Gasteiger partial charge in [-0.25, -0.2) is 0 Å². The van der Waals surface area contributed by atoms with E-state index in [9.17, 15) is 9.59 Å². The highest BCUT2D eigenvalue weighted by Crippen LogP contribution is 2.32. The molecule has 6 nitrogen and oxygen atoms in total. The Labute approximate surface area is 193 Å². The number of carbonyl (C=O) groups excluding carboxylic acids is 2. The van der Waals surface area contributed by atoms with E-state index in [1.165, 1.54) is 0 Å². The molecule has 0 bridgehead atoms. The molecule has 2 aromatic rings. The molecule has 0 heterocycles. The molecule has 2 fully saturated rings. The second-order valence-corrected chi connectivity index (χ2v) is 9.17. The first-order valence-electron chi connectivity index (χ1n) is 11.1. The lowest BCUT2D eigenvalue weighted by Crippen LogP contribution is -2.44. The van der Waals surface area contributed by atoms with Gasteiger partial charge in [-0.05, 0) is 86.6 Å². The minimum Gasteiger partial charge on any atom is -0.331 e. The Hall–Kier alpha value is -2.88. The summed E-state index contributed by atoms with van der Waals surface area (Å²) < 4.78 is 0. The van der Waals surface area contributed by atoms with Crippen LogP contribution < -0.4 is 11.1 Å². The van der Waals surface area contributed by atoms with Crippen LogP contribution in [0.5, 0.6) is 0 Å². The maximum atomic E-state index is 13.5. The summed E-state index contributed by atoms with van der Waals surface area (Å²) in [5.41, 5.74) is 8.62. The standard InChI is InChI=1S/C25H27ClN4O2/c26-23-12-9-21(29-24(31)17-5-6-17)13-19(23)15-30(22-10-7-20(28)8-11-22)25(32)18-3-1-16(14-27)2-4-18/h1-4,9,12-13,17,20,22H,5-8,10-11,15,28H2,(H,29,31). The summed E-state index contributed by atoms with van der Waals surface area (Å²) in [6.45, 7) is 0.338. The zero-order chi connectivity index (χ0) is 22.7. The molecule has 3 N–H and O–H groups in total. The predicted molar refractivity (Wildman–Crippen MR) is 124 cm³/mol. The van der Waals surface area contributed by atoms with Crippen molar-refractivity contribution in [1.29, 1.82) is 5.26 Å². The van der Waals surface area contributed by atoms with Gasteiger partial charge in [0.2, 0.25) is 5.91 Å². The fourth-order valence-corrected chi connectivity index (χ4v) is 4.36. The Morgan fingerprint density at radius 3 is 2.38 bits per heavy atom. The van der Waals surface area contributed by atoms with Gasteiger partial charge in [-0.1, -0.05) is 11.6 Å². The number of nitrogens with one attached hydrogen (secondary N) is 1. The van der Waals surface area contributed by atoms with Gasteiger partial charge in [0.15, 0.2) is 0 Å². The van der Waals surface area contributed by atoms with E-state index in [2.05, 4.69) is 11.4 Å². The third kappa shape index (κ3) is 5.29. The summed E-state index contributed by atoms with van der Waals surface area (Å²) in [5.74, 6) is 0.0403. The smallest absolute Gasteiger partial charge is 0.254 e. The predicted octanol–water partition coefficient (Wildman–Crippen LogP) is 4.47. The van der Waals surface area contributed by atoms with Gasteiger partial charge in [-0.15, -0.1) is 0 Å². The second-order valence-electron chi connectivity index (χ2n) is 8.76. The molecule has 2 aliphatic carbocycles. The zero-order valence-corrected chi connectivity index (χ0v) is 18.6. The lowest BCUT2D eigenvalue weighted by atomic mass is 9.90. The Kier molecular flexibility index (Phi) is 6.78. The molecular weight excluding hydrogens is 424 g/mol. The number of carbonyl (C=O) groups is 2. The Bertz CT molecular complexity index is 1030. The van der Waals surface area contributed by atoms with Crippen molar-refractivity contribution >= 4 is 29.1 Å². The quantitative estimate of drug-likeness (QED) is 0.678. The number of halogens is 1. The maximum Gasteiger partial charge on any atom is 0.254 e. The number of benzene rings is 2. The van der Waals surface area contributed by atoms with E-state index >= 15 is 0 Å². The molecule has 4 rings (SSSR count). The van der Waals surface area contributed by atoms with E-state index in [4.69, 9.17) is 22.6 Å². The molecule has 32 heavy (non-hydrogen) atoms. The van der Waals surface area contributed by atoms with Crippen LogP contribution in [0.15, 0.2) is 42.5 Å². The summed E-state index contributed by atoms with van der Waals surface area (Å²) in [7, 11) is 0. The first-order valence-corrected chi connectivity index (χ1v) is 11.5. The SMILES string of the molecule is N#Cc1ccc(C(=O)N(Cc2cc(NC(=O)C3CC3)ccc2Cl)C2CCC(N)CC2)cc1. The minimum absolute atomic E-state index is 0.0325. The third-order valence-corrected chi connectivity index (χ3v) is 6.67. The van der Waals surface area contributed by atoms with Crippen LogP contribution in [0.3, 0.4) is 0 Å². The topological polar surface area (TPSA) is 99.2 Å². The molecular formula is C25H27ClN4O2. The van der Waals surface area contributed by atoms with Crippen LogP contribution in [-0.4, -0.2) is 28.8 Å². The van der Waals surface area contributed by atoms with E-state index in [1.54, 1.807) is 36.4 Å². The number of hydrogen-bond donors (Lipinski definition) is 2. The minimum atomic E-state index is -0.0987. The van der Waals surface area contributed by atoms with Crippen molar-refractivity contribution in [3.05, 3.63) is 64.2 Å². The maximum absolute atomic E-state index is 13.5. The molecule has 0 aromatic heterocycles. The van der Waals surface area contributed by atoms with Gasteiger partial charge in [0.25, 0.3) is 5.91 Å². The number of nitrogens with two attached hydrogens (primary N) is 1. The van der Waals surface area contributed by atoms with Crippen LogP contribution in [0.4, 0.5) is 5.69 Å². The molecule has 0 saturated heterocycles. The second kappa shape index (κ2) is 9.72. The van der Waals surface area contributed by atoms with Gasteiger partial charge in [0.1, 0.15) is 0 Å². The molecule has 0 radical (unpaired) electrons. The number of rotatable bonds is 6. The number of amides is 2. The van der Waals surface area contributed by atoms with E-state index < -0.39 is 0 Å². The molecule has 7 heteroatoms. The highest BCUT2D eigenvalue weighted by Gasteiger charge is 2.31. The monoisotopic (exact) mass is 450 g/mol. The first kappa shape index (κ1) is 22.3. The van der Waals surface area contributed by atoms with Gasteiger partial charge >= 0.3 is 0 Å². The lowest BCUT2D eigenvalue weighted by Gasteiger charge is -2.36. The average Bonchev–Trinajstić information content (AvgIpc) is 3.65. The van der Waals surface area contributed by atoms with Crippen molar-refractivity contribution in [2.45, 2.75) is 57.2 Å². The fourth-order valence-electron chi connectivity index (χ4n) is 4.18. The van der Waals surface area contributed by atoms with Crippen molar-refractivity contribution in [2.24, 2.45) is 11.7 Å². The highest BCUT2D eigenvalue weighted by molar-refractivity contribution is 6.31. The van der Waals surface area contributed by atoms with Gasteiger partial charge < -0.3 is 16.0 Å². The summed E-state index contributed by atoms with van der Waals surface area (Å²) in [5, 5.41) is 12.6. The van der Waals surface area contributed by atoms with Gasteiger partial charge in [0.05, 0.1) is 11.6 Å². The van der Waals surface area contributed by atoms with E-state index in [-0.39, 0.29) is 29.8 Å². The number of hydrogen-bond acceptors (Lipinski definition) is 4. The van der Waals surface area contributed by atoms with Crippen molar-refractivity contribution in [3.63, 3.8) is 0 Å². The van der Waals surface area contributed by atoms with Crippen molar-refractivity contribution in [3.8, 4) is 6.07 Å². The van der Waals surface area contributed by atoms with Crippen molar-refractivity contribution in [2.75, 3.05) is 5.32 Å². The molecule has 0 atom stereocenters. The molecule has 2 amide bonds. The van der Waals surface area contributed by atoms with Crippen LogP contribution in [0.25, 0.3) is 0 Å². The van der Waals surface area contributed by atoms with Crippen molar-refractivity contribution in [1.82, 2.24) is 4.90 Å². The van der Waals surface area contributed by atoms with E-state index in [0.29, 0.717) is 28.4 Å². The van der Waals surface area contributed by atoms with Crippen LogP contribution in [0.1, 0.15) is 60.0 Å². The van der Waals surface area contributed by atoms with Crippen molar-refractivity contribution < 1.29 is 9.59 Å². The Morgan fingerprint density at radius 2 is 1.75 bits per heavy atom. The first-order chi connectivity index (χ1) is 15.4. The Morgan fingerprint density at radius 1 is 1.06 bits per heavy atom. The summed E-state index contributed by atoms with van der Waals surface area (Å²) >= 11 is 6.50. The molecule has 166 valence electrons. The molecule has 2 aliphatic rings. The van der Waals surface area contributed by atoms with Gasteiger partial charge in [0, 0.05) is 40.8 Å². The molecule has 2 aromatic carbocycles. The number of nitriles is 1. The third-order valence-electron chi connectivity index (χ3n) is 6.31. The Balaban J connectivity index is 1.58. The molecule has 0 unspecified atom stereocenters. The van der Waals surface area contributed by atoms with Crippen LogP contribution in [0.2, 0.25) is 5.02 Å². The van der Waals surface area contributed by atoms with Gasteiger partial charge in [-0.2, -0.15) is 5.26 Å². The van der Waals surface area contributed by atoms with E-state index in [1.807, 2.05) is 11.0 Å². The highest BCUT2D eigenvalue weighted by atomic mass is 35.5. The summed E-state index contributed by atoms with van der Waals surface area (Å²) in [6, 6.07) is 14.4. The normalized spacial score (nSPS) is 20.3. The number of nitrogens with zero attached hydrogens (tertiary/aromatic N) is 2. The summed E-state index contributed by atoms with van der Waals surface area (Å²) in [6.07, 6.45) is 5.27. The molecule has 0 spiro atoms. The largest absolute Gasteiger partial charge is 0.331 e. The number of anilines is 1. The summed E-state index contributed by atoms with van der Waals surface area (Å²) in [4.78, 5) is 27.5. The molecule has 0 aliphatic heterocycles. The van der Waals surface area contributed by atoms with Gasteiger partial charge in [-0.3, -0.25) is 9.59 Å². The average molecular weight is 451 g/mol. The molecule has 2 saturated carbocycles. The van der Waals surface area contributed by atoms with Crippen LogP contribution in [0, 0.1) is 17.2 Å².